The molecule has 0 bridgehead atoms. The summed E-state index contributed by atoms with van der Waals surface area (Å²) in [6, 6.07) is 19.9. The van der Waals surface area contributed by atoms with Crippen molar-refractivity contribution in [2.45, 2.75) is 57.1 Å². The van der Waals surface area contributed by atoms with Gasteiger partial charge in [0.25, 0.3) is 0 Å². The summed E-state index contributed by atoms with van der Waals surface area (Å²) >= 11 is 0. The molecule has 2 atom stereocenters. The molecule has 0 unspecified atom stereocenters. The lowest BCUT2D eigenvalue weighted by Crippen LogP contribution is -2.85. The van der Waals surface area contributed by atoms with E-state index in [1.807, 2.05) is 0 Å². The zero-order chi connectivity index (χ0) is 19.3. The van der Waals surface area contributed by atoms with E-state index in [-0.39, 0.29) is 11.0 Å². The molecule has 3 rings (SSSR count). The van der Waals surface area contributed by atoms with Crippen molar-refractivity contribution >= 4 is 0 Å². The number of rotatable bonds is 7. The molecule has 0 aromatic heterocycles. The predicted molar refractivity (Wildman–Crippen MR) is 110 cm³/mol. The van der Waals surface area contributed by atoms with Crippen molar-refractivity contribution in [1.29, 1.82) is 0 Å². The Labute approximate surface area is 164 Å². The first-order chi connectivity index (χ1) is 12.9. The van der Waals surface area contributed by atoms with Crippen LogP contribution in [0.4, 0.5) is 0 Å². The largest absolute Gasteiger partial charge is 0.497 e. The van der Waals surface area contributed by atoms with E-state index in [2.05, 4.69) is 80.7 Å². The Bertz CT molecular complexity index is 711. The SMILES string of the molecule is COc1ccc([C@]2(CC[NH2+][C@@H](C)c3ccccc3)CCOC(C)(C)C2)cc1. The number of nitrogens with two attached hydrogens (primary N) is 1. The van der Waals surface area contributed by atoms with Crippen molar-refractivity contribution in [1.82, 2.24) is 0 Å². The van der Waals surface area contributed by atoms with Gasteiger partial charge in [-0.25, -0.2) is 0 Å². The zero-order valence-electron chi connectivity index (χ0n) is 17.2. The summed E-state index contributed by atoms with van der Waals surface area (Å²) in [6.45, 7) is 8.68. The molecule has 3 heteroatoms. The van der Waals surface area contributed by atoms with Crippen molar-refractivity contribution in [3.05, 3.63) is 65.7 Å². The molecule has 0 spiro atoms. The Hall–Kier alpha value is -1.84. The van der Waals surface area contributed by atoms with Gasteiger partial charge < -0.3 is 14.8 Å². The van der Waals surface area contributed by atoms with Gasteiger partial charge in [0.05, 0.1) is 19.3 Å². The minimum atomic E-state index is -0.0801. The topological polar surface area (TPSA) is 35.1 Å². The minimum Gasteiger partial charge on any atom is -0.497 e. The van der Waals surface area contributed by atoms with E-state index in [0.29, 0.717) is 6.04 Å². The highest BCUT2D eigenvalue weighted by molar-refractivity contribution is 5.33. The van der Waals surface area contributed by atoms with E-state index in [4.69, 9.17) is 9.47 Å². The fourth-order valence-electron chi connectivity index (χ4n) is 4.53. The lowest BCUT2D eigenvalue weighted by Gasteiger charge is -2.45. The van der Waals surface area contributed by atoms with Gasteiger partial charge in [-0.05, 0) is 51.3 Å². The highest BCUT2D eigenvalue weighted by Gasteiger charge is 2.42. The van der Waals surface area contributed by atoms with Crippen molar-refractivity contribution in [2.75, 3.05) is 20.3 Å². The van der Waals surface area contributed by atoms with Crippen LogP contribution in [-0.2, 0) is 10.2 Å². The van der Waals surface area contributed by atoms with Crippen LogP contribution in [0.1, 0.15) is 57.2 Å². The highest BCUT2D eigenvalue weighted by Crippen LogP contribution is 2.44. The van der Waals surface area contributed by atoms with E-state index >= 15 is 0 Å². The van der Waals surface area contributed by atoms with Crippen molar-refractivity contribution < 1.29 is 14.8 Å². The quantitative estimate of drug-likeness (QED) is 0.793. The van der Waals surface area contributed by atoms with Crippen LogP contribution in [0.2, 0.25) is 0 Å². The summed E-state index contributed by atoms with van der Waals surface area (Å²) in [7, 11) is 1.72. The van der Waals surface area contributed by atoms with Gasteiger partial charge >= 0.3 is 0 Å². The summed E-state index contributed by atoms with van der Waals surface area (Å²) in [5.41, 5.74) is 2.90. The second kappa shape index (κ2) is 8.45. The number of hydrogen-bond acceptors (Lipinski definition) is 2. The van der Waals surface area contributed by atoms with E-state index in [1.165, 1.54) is 11.1 Å². The molecular formula is C24H34NO2+. The molecule has 3 nitrogen and oxygen atoms in total. The van der Waals surface area contributed by atoms with Gasteiger partial charge in [0.15, 0.2) is 0 Å². The van der Waals surface area contributed by atoms with Crippen LogP contribution in [0.15, 0.2) is 54.6 Å². The lowest BCUT2D eigenvalue weighted by molar-refractivity contribution is -0.693. The molecule has 1 aliphatic rings. The molecular weight excluding hydrogens is 334 g/mol. The zero-order valence-corrected chi connectivity index (χ0v) is 17.2. The number of quaternary nitrogens is 1. The molecule has 1 aliphatic heterocycles. The van der Waals surface area contributed by atoms with Crippen molar-refractivity contribution in [3.63, 3.8) is 0 Å². The molecule has 1 heterocycles. The Kier molecular flexibility index (Phi) is 6.23. The minimum absolute atomic E-state index is 0.0801. The second-order valence-corrected chi connectivity index (χ2v) is 8.52. The highest BCUT2D eigenvalue weighted by atomic mass is 16.5. The first-order valence-corrected chi connectivity index (χ1v) is 10.1. The van der Waals surface area contributed by atoms with Crippen molar-refractivity contribution in [2.24, 2.45) is 0 Å². The van der Waals surface area contributed by atoms with Gasteiger partial charge in [-0.15, -0.1) is 0 Å². The molecule has 2 aromatic rings. The van der Waals surface area contributed by atoms with Crippen LogP contribution >= 0.6 is 0 Å². The maximum absolute atomic E-state index is 6.05. The molecule has 146 valence electrons. The van der Waals surface area contributed by atoms with Gasteiger partial charge in [0.2, 0.25) is 0 Å². The number of benzene rings is 2. The Balaban J connectivity index is 1.74. The maximum atomic E-state index is 6.05. The second-order valence-electron chi connectivity index (χ2n) is 8.52. The van der Waals surface area contributed by atoms with Gasteiger partial charge in [0.1, 0.15) is 11.8 Å². The third-order valence-corrected chi connectivity index (χ3v) is 6.01. The summed E-state index contributed by atoms with van der Waals surface area (Å²) < 4.78 is 11.4. The van der Waals surface area contributed by atoms with E-state index < -0.39 is 0 Å². The lowest BCUT2D eigenvalue weighted by atomic mass is 9.67. The van der Waals surface area contributed by atoms with E-state index in [9.17, 15) is 0 Å². The van der Waals surface area contributed by atoms with Crippen LogP contribution in [0.25, 0.3) is 0 Å². The molecule has 1 saturated heterocycles. The van der Waals surface area contributed by atoms with Gasteiger partial charge in [-0.2, -0.15) is 0 Å². The number of methoxy groups -OCH3 is 1. The van der Waals surface area contributed by atoms with Crippen LogP contribution in [0.5, 0.6) is 5.75 Å². The van der Waals surface area contributed by atoms with E-state index in [1.54, 1.807) is 7.11 Å². The van der Waals surface area contributed by atoms with Crippen molar-refractivity contribution in [3.8, 4) is 5.75 Å². The third-order valence-electron chi connectivity index (χ3n) is 6.01. The van der Waals surface area contributed by atoms with Crippen LogP contribution in [-0.4, -0.2) is 25.9 Å². The smallest absolute Gasteiger partial charge is 0.118 e. The first kappa shape index (κ1) is 19.9. The molecule has 2 N–H and O–H groups in total. The average molecular weight is 369 g/mol. The molecule has 2 aromatic carbocycles. The molecule has 0 radical (unpaired) electrons. The Morgan fingerprint density at radius 1 is 1.07 bits per heavy atom. The van der Waals surface area contributed by atoms with E-state index in [0.717, 1.165) is 38.2 Å². The number of ether oxygens (including phenoxy) is 2. The summed E-state index contributed by atoms with van der Waals surface area (Å²) in [5.74, 6) is 0.921. The molecule has 1 fully saturated rings. The standard InChI is InChI=1S/C24H33NO2/c1-19(20-8-6-5-7-9-20)25-16-14-24(15-17-27-23(2,3)18-24)21-10-12-22(26-4)13-11-21/h5-13,19,25H,14-18H2,1-4H3/p+1/t19-,24+/m0/s1. The predicted octanol–water partition coefficient (Wildman–Crippen LogP) is 4.24. The number of hydrogen-bond donors (Lipinski definition) is 1. The maximum Gasteiger partial charge on any atom is 0.118 e. The summed E-state index contributed by atoms with van der Waals surface area (Å²) in [4.78, 5) is 0. The average Bonchev–Trinajstić information content (AvgIpc) is 2.68. The molecule has 0 saturated carbocycles. The summed E-state index contributed by atoms with van der Waals surface area (Å²) in [6.07, 6.45) is 3.29. The Morgan fingerprint density at radius 2 is 1.78 bits per heavy atom. The molecule has 27 heavy (non-hydrogen) atoms. The fourth-order valence-corrected chi connectivity index (χ4v) is 4.53. The first-order valence-electron chi connectivity index (χ1n) is 10.1. The molecule has 0 amide bonds. The van der Waals surface area contributed by atoms with Gasteiger partial charge in [-0.1, -0.05) is 42.5 Å². The van der Waals surface area contributed by atoms with Crippen LogP contribution in [0, 0.1) is 0 Å². The summed E-state index contributed by atoms with van der Waals surface area (Å²) in [5, 5.41) is 2.48. The monoisotopic (exact) mass is 368 g/mol. The van der Waals surface area contributed by atoms with Gasteiger partial charge in [-0.3, -0.25) is 0 Å². The van der Waals surface area contributed by atoms with Crippen LogP contribution < -0.4 is 10.1 Å². The van der Waals surface area contributed by atoms with Gasteiger partial charge in [0, 0.05) is 24.0 Å². The normalized spacial score (nSPS) is 23.0. The Morgan fingerprint density at radius 3 is 2.41 bits per heavy atom. The fraction of sp³-hybridized carbons (Fsp3) is 0.500. The van der Waals surface area contributed by atoms with Crippen LogP contribution in [0.3, 0.4) is 0 Å². The third kappa shape index (κ3) is 4.91. The molecule has 0 aliphatic carbocycles.